The van der Waals surface area contributed by atoms with Gasteiger partial charge in [0.05, 0.1) is 11.4 Å². The third-order valence-electron chi connectivity index (χ3n) is 5.61. The van der Waals surface area contributed by atoms with E-state index < -0.39 is 5.97 Å². The van der Waals surface area contributed by atoms with Crippen molar-refractivity contribution in [3.63, 3.8) is 0 Å². The summed E-state index contributed by atoms with van der Waals surface area (Å²) in [6.45, 7) is 3.69. The van der Waals surface area contributed by atoms with Gasteiger partial charge in [0.1, 0.15) is 0 Å². The van der Waals surface area contributed by atoms with Crippen LogP contribution in [0.25, 0.3) is 0 Å². The monoisotopic (exact) mass is 455 g/mol. The van der Waals surface area contributed by atoms with Crippen LogP contribution in [-0.2, 0) is 9.63 Å². The minimum Gasteiger partial charge on any atom is -0.322 e. The molecule has 0 aliphatic carbocycles. The van der Waals surface area contributed by atoms with Crippen LogP contribution in [-0.4, -0.2) is 30.0 Å². The van der Waals surface area contributed by atoms with Crippen molar-refractivity contribution in [2.75, 3.05) is 16.8 Å². The van der Waals surface area contributed by atoms with E-state index in [1.54, 1.807) is 35.2 Å². The van der Waals surface area contributed by atoms with Crippen molar-refractivity contribution in [1.29, 1.82) is 0 Å². The van der Waals surface area contributed by atoms with Crippen LogP contribution in [0.15, 0.2) is 78.0 Å². The van der Waals surface area contributed by atoms with Gasteiger partial charge < -0.3 is 15.1 Å². The van der Waals surface area contributed by atoms with Gasteiger partial charge in [-0.25, -0.2) is 4.79 Å². The van der Waals surface area contributed by atoms with Gasteiger partial charge in [-0.1, -0.05) is 41.6 Å². The number of oxime groups is 1. The largest absolute Gasteiger partial charge is 0.331 e. The van der Waals surface area contributed by atoms with E-state index in [9.17, 15) is 14.4 Å². The standard InChI is InChI=1S/C27H25N3O4/c1-18-8-3-4-9-22(18)26(32)28-21-15-13-20(14-16-21)27(33)30-17-7-11-24(29-34-19(2)31)23-10-5-6-12-25(23)30/h3-6,8-10,12-16H,7,11,17H2,1-2H3,(H,28,32)/b29-24+. The van der Waals surface area contributed by atoms with Gasteiger partial charge in [0.15, 0.2) is 0 Å². The molecule has 0 aromatic heterocycles. The molecule has 2 amide bonds. The third-order valence-corrected chi connectivity index (χ3v) is 5.61. The van der Waals surface area contributed by atoms with Gasteiger partial charge in [0.25, 0.3) is 11.8 Å². The lowest BCUT2D eigenvalue weighted by Gasteiger charge is -2.23. The predicted octanol–water partition coefficient (Wildman–Crippen LogP) is 4.96. The summed E-state index contributed by atoms with van der Waals surface area (Å²) >= 11 is 0. The molecule has 1 N–H and O–H groups in total. The normalized spacial score (nSPS) is 14.2. The van der Waals surface area contributed by atoms with E-state index in [1.807, 2.05) is 49.4 Å². The smallest absolute Gasteiger partial charge is 0.322 e. The molecule has 0 spiro atoms. The summed E-state index contributed by atoms with van der Waals surface area (Å²) in [5.74, 6) is -0.840. The van der Waals surface area contributed by atoms with Crippen molar-refractivity contribution in [3.05, 3.63) is 95.1 Å². The number of carbonyl (C=O) groups is 3. The van der Waals surface area contributed by atoms with Crippen molar-refractivity contribution >= 4 is 34.9 Å². The zero-order chi connectivity index (χ0) is 24.1. The van der Waals surface area contributed by atoms with Crippen molar-refractivity contribution in [2.24, 2.45) is 5.16 Å². The molecule has 0 unspecified atom stereocenters. The van der Waals surface area contributed by atoms with E-state index in [-0.39, 0.29) is 11.8 Å². The van der Waals surface area contributed by atoms with Crippen LogP contribution in [0.4, 0.5) is 11.4 Å². The highest BCUT2D eigenvalue weighted by Crippen LogP contribution is 2.28. The topological polar surface area (TPSA) is 88.1 Å². The minimum atomic E-state index is -0.489. The molecule has 172 valence electrons. The SMILES string of the molecule is CC(=O)O/N=C1\CCCN(C(=O)c2ccc(NC(=O)c3ccccc3C)cc2)c2ccccc21. The molecule has 34 heavy (non-hydrogen) atoms. The molecule has 1 aliphatic rings. The first-order chi connectivity index (χ1) is 16.4. The Kier molecular flexibility index (Phi) is 6.82. The van der Waals surface area contributed by atoms with Gasteiger partial charge in [-0.05, 0) is 61.7 Å². The maximum atomic E-state index is 13.4. The summed E-state index contributed by atoms with van der Waals surface area (Å²) in [6.07, 6.45) is 1.25. The van der Waals surface area contributed by atoms with Crippen LogP contribution >= 0.6 is 0 Å². The molecule has 7 nitrogen and oxygen atoms in total. The minimum absolute atomic E-state index is 0.155. The Balaban J connectivity index is 1.54. The van der Waals surface area contributed by atoms with Gasteiger partial charge in [-0.15, -0.1) is 0 Å². The first-order valence-corrected chi connectivity index (χ1v) is 11.1. The van der Waals surface area contributed by atoms with Crippen molar-refractivity contribution in [2.45, 2.75) is 26.7 Å². The Morgan fingerprint density at radius 3 is 2.38 bits per heavy atom. The van der Waals surface area contributed by atoms with Gasteiger partial charge >= 0.3 is 5.97 Å². The number of fused-ring (bicyclic) bond motifs is 1. The Morgan fingerprint density at radius 1 is 0.941 bits per heavy atom. The molecular weight excluding hydrogens is 430 g/mol. The summed E-state index contributed by atoms with van der Waals surface area (Å²) in [4.78, 5) is 43.8. The van der Waals surface area contributed by atoms with Crippen LogP contribution in [0.5, 0.6) is 0 Å². The number of rotatable bonds is 4. The van der Waals surface area contributed by atoms with E-state index in [4.69, 9.17) is 4.84 Å². The summed E-state index contributed by atoms with van der Waals surface area (Å²) in [5.41, 5.74) is 4.72. The van der Waals surface area contributed by atoms with Gasteiger partial charge in [0.2, 0.25) is 0 Å². The first kappa shape index (κ1) is 22.9. The highest BCUT2D eigenvalue weighted by Gasteiger charge is 2.25. The highest BCUT2D eigenvalue weighted by atomic mass is 16.7. The second-order valence-corrected chi connectivity index (χ2v) is 8.04. The van der Waals surface area contributed by atoms with Crippen molar-refractivity contribution in [1.82, 2.24) is 0 Å². The Morgan fingerprint density at radius 2 is 1.65 bits per heavy atom. The second kappa shape index (κ2) is 10.1. The maximum Gasteiger partial charge on any atom is 0.331 e. The molecule has 0 bridgehead atoms. The number of hydrogen-bond acceptors (Lipinski definition) is 5. The van der Waals surface area contributed by atoms with Gasteiger partial charge in [-0.2, -0.15) is 0 Å². The first-order valence-electron chi connectivity index (χ1n) is 11.1. The number of para-hydroxylation sites is 1. The Hall–Kier alpha value is -4.26. The number of anilines is 2. The lowest BCUT2D eigenvalue weighted by atomic mass is 10.1. The van der Waals surface area contributed by atoms with Crippen LogP contribution in [0.2, 0.25) is 0 Å². The average molecular weight is 456 g/mol. The molecule has 0 saturated heterocycles. The predicted molar refractivity (Wildman–Crippen MR) is 131 cm³/mol. The third kappa shape index (κ3) is 5.04. The van der Waals surface area contributed by atoms with E-state index in [0.29, 0.717) is 47.6 Å². The van der Waals surface area contributed by atoms with E-state index >= 15 is 0 Å². The second-order valence-electron chi connectivity index (χ2n) is 8.04. The number of hydrogen-bond donors (Lipinski definition) is 1. The summed E-state index contributed by atoms with van der Waals surface area (Å²) in [7, 11) is 0. The number of aryl methyl sites for hydroxylation is 1. The zero-order valence-corrected chi connectivity index (χ0v) is 19.1. The quantitative estimate of drug-likeness (QED) is 0.445. The Bertz CT molecular complexity index is 1260. The number of nitrogens with zero attached hydrogens (tertiary/aromatic N) is 2. The van der Waals surface area contributed by atoms with Crippen LogP contribution in [0.3, 0.4) is 0 Å². The molecular formula is C27H25N3O4. The van der Waals surface area contributed by atoms with Gasteiger partial charge in [0, 0.05) is 35.8 Å². The van der Waals surface area contributed by atoms with E-state index in [2.05, 4.69) is 10.5 Å². The van der Waals surface area contributed by atoms with E-state index in [1.165, 1.54) is 6.92 Å². The number of carbonyl (C=O) groups excluding carboxylic acids is 3. The maximum absolute atomic E-state index is 13.4. The molecule has 0 fully saturated rings. The molecule has 7 heteroatoms. The van der Waals surface area contributed by atoms with Crippen LogP contribution in [0, 0.1) is 6.92 Å². The molecule has 0 radical (unpaired) electrons. The molecule has 3 aromatic rings. The number of amides is 2. The van der Waals surface area contributed by atoms with Crippen molar-refractivity contribution < 1.29 is 19.2 Å². The zero-order valence-electron chi connectivity index (χ0n) is 19.1. The molecule has 1 heterocycles. The molecule has 4 rings (SSSR count). The fourth-order valence-corrected chi connectivity index (χ4v) is 3.92. The number of nitrogens with one attached hydrogen (secondary N) is 1. The average Bonchev–Trinajstić information content (AvgIpc) is 3.02. The summed E-state index contributed by atoms with van der Waals surface area (Å²) in [5, 5.41) is 6.89. The van der Waals surface area contributed by atoms with Crippen LogP contribution in [0.1, 0.15) is 51.6 Å². The lowest BCUT2D eigenvalue weighted by Crippen LogP contribution is -2.31. The van der Waals surface area contributed by atoms with Crippen LogP contribution < -0.4 is 10.2 Å². The lowest BCUT2D eigenvalue weighted by molar-refractivity contribution is -0.140. The van der Waals surface area contributed by atoms with E-state index in [0.717, 1.165) is 11.1 Å². The summed E-state index contributed by atoms with van der Waals surface area (Å²) < 4.78 is 0. The fourth-order valence-electron chi connectivity index (χ4n) is 3.92. The molecule has 0 atom stereocenters. The molecule has 0 saturated carbocycles. The molecule has 1 aliphatic heterocycles. The number of benzene rings is 3. The fraction of sp³-hybridized carbons (Fsp3) is 0.185. The molecule has 3 aromatic carbocycles. The highest BCUT2D eigenvalue weighted by molar-refractivity contribution is 6.13. The Labute approximate surface area is 198 Å². The van der Waals surface area contributed by atoms with Crippen molar-refractivity contribution in [3.8, 4) is 0 Å². The van der Waals surface area contributed by atoms with Gasteiger partial charge in [-0.3, -0.25) is 9.59 Å². The summed E-state index contributed by atoms with van der Waals surface area (Å²) in [6, 6.07) is 21.7.